The number of aromatic nitrogens is 2. The van der Waals surface area contributed by atoms with Crippen molar-refractivity contribution >= 4 is 29.6 Å². The fraction of sp³-hybridized carbons (Fsp3) is 0.600. The van der Waals surface area contributed by atoms with Crippen LogP contribution >= 0.6 is 0 Å². The zero-order valence-electron chi connectivity index (χ0n) is 19.2. The fourth-order valence-corrected chi connectivity index (χ4v) is 3.03. The lowest BCUT2D eigenvalue weighted by molar-refractivity contribution is -0.143. The number of aliphatic hydroxyl groups is 1. The number of H-pyrrole nitrogens is 1. The summed E-state index contributed by atoms with van der Waals surface area (Å²) < 4.78 is 0. The second-order valence-corrected chi connectivity index (χ2v) is 7.88. The topological polar surface area (TPSA) is 269 Å². The average Bonchev–Trinajstić information content (AvgIpc) is 3.32. The molecule has 1 aromatic heterocycles. The molecule has 0 aromatic carbocycles. The maximum atomic E-state index is 13.1. The Morgan fingerprint density at radius 2 is 1.60 bits per heavy atom. The molecule has 1 heterocycles. The molecule has 4 amide bonds. The van der Waals surface area contributed by atoms with Crippen molar-refractivity contribution in [3.8, 4) is 0 Å². The van der Waals surface area contributed by atoms with Gasteiger partial charge in [-0.1, -0.05) is 6.42 Å². The molecule has 0 saturated carbocycles. The third-order valence-electron chi connectivity index (χ3n) is 5.03. The summed E-state index contributed by atoms with van der Waals surface area (Å²) in [4.78, 5) is 67.2. The van der Waals surface area contributed by atoms with Gasteiger partial charge in [0.25, 0.3) is 0 Å². The summed E-state index contributed by atoms with van der Waals surface area (Å²) >= 11 is 0. The summed E-state index contributed by atoms with van der Waals surface area (Å²) in [6.45, 7) is -0.439. The predicted molar refractivity (Wildman–Crippen MR) is 122 cm³/mol. The second-order valence-electron chi connectivity index (χ2n) is 7.88. The molecule has 15 nitrogen and oxygen atoms in total. The molecule has 15 heteroatoms. The van der Waals surface area contributed by atoms with E-state index in [9.17, 15) is 24.0 Å². The van der Waals surface area contributed by atoms with Gasteiger partial charge in [-0.05, 0) is 25.8 Å². The van der Waals surface area contributed by atoms with Gasteiger partial charge in [-0.25, -0.2) is 9.78 Å². The molecule has 4 atom stereocenters. The summed E-state index contributed by atoms with van der Waals surface area (Å²) in [6, 6.07) is -5.07. The highest BCUT2D eigenvalue weighted by molar-refractivity contribution is 5.94. The molecular formula is C20H34N8O7. The monoisotopic (exact) mass is 498 g/mol. The first-order valence-electron chi connectivity index (χ1n) is 11.0. The molecule has 0 spiro atoms. The highest BCUT2D eigenvalue weighted by Gasteiger charge is 2.30. The zero-order chi connectivity index (χ0) is 26.4. The first kappa shape index (κ1) is 29.5. The molecule has 0 saturated heterocycles. The number of imidazole rings is 1. The van der Waals surface area contributed by atoms with Gasteiger partial charge in [0.05, 0.1) is 19.0 Å². The number of aliphatic carboxylic acids is 1. The highest BCUT2D eigenvalue weighted by atomic mass is 16.4. The number of amides is 4. The van der Waals surface area contributed by atoms with Crippen LogP contribution in [0.5, 0.6) is 0 Å². The summed E-state index contributed by atoms with van der Waals surface area (Å²) in [5, 5.41) is 25.2. The maximum absolute atomic E-state index is 13.1. The van der Waals surface area contributed by atoms with Gasteiger partial charge in [0.1, 0.15) is 18.1 Å². The Kier molecular flexibility index (Phi) is 12.9. The van der Waals surface area contributed by atoms with Crippen LogP contribution in [0.4, 0.5) is 0 Å². The molecule has 0 aliphatic carbocycles. The number of nitrogens with one attached hydrogen (secondary N) is 4. The minimum absolute atomic E-state index is 0.0222. The molecule has 0 fully saturated rings. The fourth-order valence-electron chi connectivity index (χ4n) is 3.03. The lowest BCUT2D eigenvalue weighted by Gasteiger charge is -2.24. The molecule has 0 aliphatic rings. The Hall–Kier alpha value is -3.56. The van der Waals surface area contributed by atoms with Crippen molar-refractivity contribution in [2.75, 3.05) is 13.2 Å². The van der Waals surface area contributed by atoms with Crippen molar-refractivity contribution in [2.24, 2.45) is 17.2 Å². The van der Waals surface area contributed by atoms with Crippen LogP contribution in [-0.2, 0) is 30.4 Å². The van der Waals surface area contributed by atoms with E-state index < -0.39 is 60.4 Å². The number of nitrogens with two attached hydrogens (primary N) is 3. The van der Waals surface area contributed by atoms with Gasteiger partial charge in [0.15, 0.2) is 0 Å². The second kappa shape index (κ2) is 15.4. The summed E-state index contributed by atoms with van der Waals surface area (Å²) in [5.41, 5.74) is 17.0. The zero-order valence-corrected chi connectivity index (χ0v) is 19.2. The standard InChI is InChI=1S/C20H34N8O7/c21-6-2-1-3-12(22)17(31)27-14(7-11-8-24-10-25-11)19(33)26-13(4-5-16(23)30)18(32)28-15(9-29)20(34)35/h8,10,12-15,29H,1-7,9,21-22H2,(H2,23,30)(H,24,25)(H,26,33)(H,27,31)(H,28,32)(H,34,35). The van der Waals surface area contributed by atoms with E-state index in [1.54, 1.807) is 0 Å². The van der Waals surface area contributed by atoms with Crippen LogP contribution in [0.25, 0.3) is 0 Å². The van der Waals surface area contributed by atoms with Crippen molar-refractivity contribution in [2.45, 2.75) is 62.7 Å². The number of aliphatic hydroxyl groups excluding tert-OH is 1. The molecule has 0 aliphatic heterocycles. The van der Waals surface area contributed by atoms with E-state index in [-0.39, 0.29) is 19.3 Å². The number of carbonyl (C=O) groups excluding carboxylic acids is 4. The molecule has 0 radical (unpaired) electrons. The smallest absolute Gasteiger partial charge is 0.328 e. The van der Waals surface area contributed by atoms with E-state index >= 15 is 0 Å². The van der Waals surface area contributed by atoms with E-state index in [1.165, 1.54) is 12.5 Å². The van der Waals surface area contributed by atoms with Crippen molar-refractivity contribution in [1.29, 1.82) is 0 Å². The van der Waals surface area contributed by atoms with E-state index in [0.29, 0.717) is 31.5 Å². The molecule has 12 N–H and O–H groups in total. The van der Waals surface area contributed by atoms with Gasteiger partial charge in [-0.15, -0.1) is 0 Å². The number of carbonyl (C=O) groups is 5. The third-order valence-corrected chi connectivity index (χ3v) is 5.03. The summed E-state index contributed by atoms with van der Waals surface area (Å²) in [5.74, 6) is -4.58. The number of nitrogens with zero attached hydrogens (tertiary/aromatic N) is 1. The Labute approximate surface area is 201 Å². The quantitative estimate of drug-likeness (QED) is 0.0945. The van der Waals surface area contributed by atoms with E-state index in [1.807, 2.05) is 0 Å². The molecule has 0 bridgehead atoms. The Morgan fingerprint density at radius 1 is 0.971 bits per heavy atom. The largest absolute Gasteiger partial charge is 0.480 e. The number of unbranched alkanes of at least 4 members (excludes halogenated alkanes) is 1. The van der Waals surface area contributed by atoms with Gasteiger partial charge < -0.3 is 48.3 Å². The average molecular weight is 499 g/mol. The summed E-state index contributed by atoms with van der Waals surface area (Å²) in [6.07, 6.45) is 3.92. The van der Waals surface area contributed by atoms with Crippen LogP contribution in [0.3, 0.4) is 0 Å². The van der Waals surface area contributed by atoms with Gasteiger partial charge in [0, 0.05) is 24.7 Å². The lowest BCUT2D eigenvalue weighted by atomic mass is 10.1. The van der Waals surface area contributed by atoms with E-state index in [0.717, 1.165) is 0 Å². The van der Waals surface area contributed by atoms with Crippen LogP contribution < -0.4 is 33.2 Å². The molecule has 1 rings (SSSR count). The minimum atomic E-state index is -1.62. The van der Waals surface area contributed by atoms with Crippen molar-refractivity contribution < 1.29 is 34.2 Å². The molecule has 196 valence electrons. The molecule has 1 aromatic rings. The lowest BCUT2D eigenvalue weighted by Crippen LogP contribution is -2.58. The molecular weight excluding hydrogens is 464 g/mol. The minimum Gasteiger partial charge on any atom is -0.480 e. The number of hydrogen-bond acceptors (Lipinski definition) is 9. The van der Waals surface area contributed by atoms with Crippen LogP contribution in [0.15, 0.2) is 12.5 Å². The first-order chi connectivity index (χ1) is 16.6. The summed E-state index contributed by atoms with van der Waals surface area (Å²) in [7, 11) is 0. The normalized spacial score (nSPS) is 14.3. The number of hydrogen-bond donors (Lipinski definition) is 9. The number of carboxylic acids is 1. The number of aromatic amines is 1. The van der Waals surface area contributed by atoms with Crippen LogP contribution in [0.1, 0.15) is 37.8 Å². The Bertz CT molecular complexity index is 849. The van der Waals surface area contributed by atoms with Crippen molar-refractivity contribution in [1.82, 2.24) is 25.9 Å². The van der Waals surface area contributed by atoms with Crippen molar-refractivity contribution in [3.63, 3.8) is 0 Å². The highest BCUT2D eigenvalue weighted by Crippen LogP contribution is 2.05. The number of primary amides is 1. The van der Waals surface area contributed by atoms with Crippen LogP contribution in [0.2, 0.25) is 0 Å². The Morgan fingerprint density at radius 3 is 2.14 bits per heavy atom. The van der Waals surface area contributed by atoms with E-state index in [4.69, 9.17) is 27.4 Å². The van der Waals surface area contributed by atoms with Crippen molar-refractivity contribution in [3.05, 3.63) is 18.2 Å². The maximum Gasteiger partial charge on any atom is 0.328 e. The predicted octanol–water partition coefficient (Wildman–Crippen LogP) is -3.79. The third kappa shape index (κ3) is 10.9. The van der Waals surface area contributed by atoms with Gasteiger partial charge in [-0.2, -0.15) is 0 Å². The van der Waals surface area contributed by atoms with Crippen LogP contribution in [-0.4, -0.2) is 87.1 Å². The number of rotatable bonds is 17. The first-order valence-corrected chi connectivity index (χ1v) is 11.0. The Balaban J connectivity index is 3.00. The SMILES string of the molecule is NCCCCC(N)C(=O)NC(Cc1cnc[nH]1)C(=O)NC(CCC(N)=O)C(=O)NC(CO)C(=O)O. The van der Waals surface area contributed by atoms with Gasteiger partial charge >= 0.3 is 5.97 Å². The molecule has 4 unspecified atom stereocenters. The molecule has 35 heavy (non-hydrogen) atoms. The van der Waals surface area contributed by atoms with Gasteiger partial charge in [-0.3, -0.25) is 19.2 Å². The number of carboxylic acid groups (broad SMARTS) is 1. The van der Waals surface area contributed by atoms with Crippen LogP contribution in [0, 0.1) is 0 Å². The van der Waals surface area contributed by atoms with Gasteiger partial charge in [0.2, 0.25) is 23.6 Å². The van der Waals surface area contributed by atoms with E-state index in [2.05, 4.69) is 25.9 Å².